The lowest BCUT2D eigenvalue weighted by Crippen LogP contribution is -2.43. The minimum absolute atomic E-state index is 0.0470. The zero-order chi connectivity index (χ0) is 12.7. The normalized spacial score (nSPS) is 21.6. The van der Waals surface area contributed by atoms with Crippen LogP contribution in [0.25, 0.3) is 0 Å². The highest BCUT2D eigenvalue weighted by molar-refractivity contribution is 7.99. The number of nitrogens with one attached hydrogen (secondary N) is 1. The van der Waals surface area contributed by atoms with Gasteiger partial charge in [0.2, 0.25) is 5.91 Å². The molecule has 2 N–H and O–H groups in total. The van der Waals surface area contributed by atoms with E-state index in [2.05, 4.69) is 5.32 Å². The van der Waals surface area contributed by atoms with Gasteiger partial charge in [0.15, 0.2) is 0 Å². The second kappa shape index (κ2) is 7.98. The number of hydrogen-bond donors (Lipinski definition) is 2. The molecular weight excluding hydrogens is 234 g/mol. The lowest BCUT2D eigenvalue weighted by Gasteiger charge is -2.24. The molecular formula is C13H25NO2S. The molecule has 0 unspecified atom stereocenters. The van der Waals surface area contributed by atoms with E-state index in [-0.39, 0.29) is 29.7 Å². The van der Waals surface area contributed by atoms with Crippen molar-refractivity contribution in [3.05, 3.63) is 0 Å². The number of rotatable bonds is 5. The van der Waals surface area contributed by atoms with Gasteiger partial charge >= 0.3 is 0 Å². The zero-order valence-electron chi connectivity index (χ0n) is 10.9. The first-order valence-electron chi connectivity index (χ1n) is 6.63. The van der Waals surface area contributed by atoms with Gasteiger partial charge in [-0.05, 0) is 26.0 Å². The van der Waals surface area contributed by atoms with Crippen molar-refractivity contribution in [1.82, 2.24) is 5.32 Å². The summed E-state index contributed by atoms with van der Waals surface area (Å²) in [5.74, 6) is 0.382. The molecule has 1 rings (SSSR count). The van der Waals surface area contributed by atoms with Crippen molar-refractivity contribution in [3.63, 3.8) is 0 Å². The van der Waals surface area contributed by atoms with Gasteiger partial charge in [-0.25, -0.2) is 0 Å². The maximum absolute atomic E-state index is 12.1. The van der Waals surface area contributed by atoms with Gasteiger partial charge in [-0.1, -0.05) is 25.7 Å². The summed E-state index contributed by atoms with van der Waals surface area (Å²) in [6, 6.07) is 0.0470. The molecule has 0 bridgehead atoms. The van der Waals surface area contributed by atoms with Gasteiger partial charge in [0.05, 0.1) is 6.61 Å². The molecule has 100 valence electrons. The highest BCUT2D eigenvalue weighted by Gasteiger charge is 2.23. The molecule has 4 heteroatoms. The van der Waals surface area contributed by atoms with E-state index >= 15 is 0 Å². The maximum atomic E-state index is 12.1. The first-order chi connectivity index (χ1) is 8.19. The third-order valence-electron chi connectivity index (χ3n) is 3.64. The van der Waals surface area contributed by atoms with Crippen LogP contribution < -0.4 is 5.32 Å². The molecule has 17 heavy (non-hydrogen) atoms. The first-order valence-corrected chi connectivity index (χ1v) is 7.91. The molecule has 0 aromatic heterocycles. The Hall–Kier alpha value is -0.220. The minimum atomic E-state index is 0.0470. The highest BCUT2D eigenvalue weighted by atomic mass is 32.2. The van der Waals surface area contributed by atoms with E-state index in [4.69, 9.17) is 0 Å². The van der Waals surface area contributed by atoms with Crippen molar-refractivity contribution < 1.29 is 9.90 Å². The standard InChI is InChI=1S/C13H25NO2S/c1-10(12(9-15)17-2)14-13(16)11-7-5-3-4-6-8-11/h10-12,15H,3-9H2,1-2H3,(H,14,16)/t10-,12+/m1/s1. The van der Waals surface area contributed by atoms with Crippen molar-refractivity contribution in [2.45, 2.75) is 56.7 Å². The molecule has 0 aromatic rings. The Morgan fingerprint density at radius 3 is 2.41 bits per heavy atom. The van der Waals surface area contributed by atoms with Crippen LogP contribution in [-0.4, -0.2) is 35.2 Å². The predicted octanol–water partition coefficient (Wildman–Crippen LogP) is 2.19. The first kappa shape index (κ1) is 14.8. The fourth-order valence-electron chi connectivity index (χ4n) is 2.41. The van der Waals surface area contributed by atoms with Gasteiger partial charge in [-0.2, -0.15) is 11.8 Å². The summed E-state index contributed by atoms with van der Waals surface area (Å²) in [5.41, 5.74) is 0. The Balaban J connectivity index is 2.41. The molecule has 2 atom stereocenters. The molecule has 1 saturated carbocycles. The van der Waals surface area contributed by atoms with E-state index in [0.29, 0.717) is 0 Å². The molecule has 0 saturated heterocycles. The van der Waals surface area contributed by atoms with Gasteiger partial charge in [0, 0.05) is 17.2 Å². The van der Waals surface area contributed by atoms with Gasteiger partial charge in [0.1, 0.15) is 0 Å². The molecule has 1 amide bonds. The Morgan fingerprint density at radius 2 is 1.94 bits per heavy atom. The average Bonchev–Trinajstić information content (AvgIpc) is 2.59. The topological polar surface area (TPSA) is 49.3 Å². The molecule has 1 fully saturated rings. The van der Waals surface area contributed by atoms with E-state index in [1.54, 1.807) is 11.8 Å². The Labute approximate surface area is 109 Å². The molecule has 1 aliphatic carbocycles. The molecule has 0 spiro atoms. The number of aliphatic hydroxyl groups is 1. The van der Waals surface area contributed by atoms with Gasteiger partial charge in [-0.15, -0.1) is 0 Å². The zero-order valence-corrected chi connectivity index (χ0v) is 11.8. The average molecular weight is 259 g/mol. The van der Waals surface area contributed by atoms with Gasteiger partial charge in [-0.3, -0.25) is 4.79 Å². The quantitative estimate of drug-likeness (QED) is 0.744. The maximum Gasteiger partial charge on any atom is 0.223 e. The third-order valence-corrected chi connectivity index (χ3v) is 4.80. The van der Waals surface area contributed by atoms with Crippen molar-refractivity contribution in [3.8, 4) is 0 Å². The fourth-order valence-corrected chi connectivity index (χ4v) is 3.04. The number of thioether (sulfide) groups is 1. The largest absolute Gasteiger partial charge is 0.395 e. The second-order valence-corrected chi connectivity index (χ2v) is 6.02. The van der Waals surface area contributed by atoms with E-state index in [9.17, 15) is 9.90 Å². The number of aliphatic hydroxyl groups excluding tert-OH is 1. The Bertz CT molecular complexity index is 223. The van der Waals surface area contributed by atoms with Crippen LogP contribution in [0.3, 0.4) is 0 Å². The van der Waals surface area contributed by atoms with Gasteiger partial charge < -0.3 is 10.4 Å². The van der Waals surface area contributed by atoms with Crippen LogP contribution in [0.4, 0.5) is 0 Å². The summed E-state index contributed by atoms with van der Waals surface area (Å²) in [6.45, 7) is 2.10. The van der Waals surface area contributed by atoms with Crippen LogP contribution in [0.15, 0.2) is 0 Å². The SMILES string of the molecule is CS[C@@H](CO)[C@@H](C)NC(=O)C1CCCCCC1. The fraction of sp³-hybridized carbons (Fsp3) is 0.923. The summed E-state index contributed by atoms with van der Waals surface area (Å²) >= 11 is 1.61. The molecule has 0 radical (unpaired) electrons. The third kappa shape index (κ3) is 4.88. The van der Waals surface area contributed by atoms with Crippen molar-refractivity contribution >= 4 is 17.7 Å². The van der Waals surface area contributed by atoms with Crippen LogP contribution >= 0.6 is 11.8 Å². The molecule has 3 nitrogen and oxygen atoms in total. The number of carbonyl (C=O) groups excluding carboxylic acids is 1. The van der Waals surface area contributed by atoms with Crippen LogP contribution in [0.2, 0.25) is 0 Å². The Morgan fingerprint density at radius 1 is 1.35 bits per heavy atom. The predicted molar refractivity (Wildman–Crippen MR) is 73.2 cm³/mol. The van der Waals surface area contributed by atoms with Gasteiger partial charge in [0.25, 0.3) is 0 Å². The summed E-state index contributed by atoms with van der Waals surface area (Å²) in [7, 11) is 0. The van der Waals surface area contributed by atoms with Crippen molar-refractivity contribution in [2.24, 2.45) is 5.92 Å². The highest BCUT2D eigenvalue weighted by Crippen LogP contribution is 2.23. The summed E-state index contributed by atoms with van der Waals surface area (Å²) in [6.07, 6.45) is 8.92. The molecule has 1 aliphatic rings. The molecule has 0 aromatic carbocycles. The Kier molecular flexibility index (Phi) is 6.97. The number of hydrogen-bond acceptors (Lipinski definition) is 3. The van der Waals surface area contributed by atoms with E-state index in [1.807, 2.05) is 13.2 Å². The van der Waals surface area contributed by atoms with E-state index in [1.165, 1.54) is 25.7 Å². The smallest absolute Gasteiger partial charge is 0.223 e. The van der Waals surface area contributed by atoms with Crippen LogP contribution in [0.1, 0.15) is 45.4 Å². The second-order valence-electron chi connectivity index (χ2n) is 4.94. The van der Waals surface area contributed by atoms with Crippen LogP contribution in [0, 0.1) is 5.92 Å². The number of carbonyl (C=O) groups is 1. The minimum Gasteiger partial charge on any atom is -0.395 e. The summed E-state index contributed by atoms with van der Waals surface area (Å²) in [5, 5.41) is 12.4. The van der Waals surface area contributed by atoms with Crippen LogP contribution in [0.5, 0.6) is 0 Å². The lowest BCUT2D eigenvalue weighted by atomic mass is 9.99. The summed E-state index contributed by atoms with van der Waals surface area (Å²) in [4.78, 5) is 12.1. The van der Waals surface area contributed by atoms with Crippen LogP contribution in [-0.2, 0) is 4.79 Å². The van der Waals surface area contributed by atoms with Crippen molar-refractivity contribution in [2.75, 3.05) is 12.9 Å². The van der Waals surface area contributed by atoms with E-state index in [0.717, 1.165) is 12.8 Å². The molecule has 0 aliphatic heterocycles. The van der Waals surface area contributed by atoms with Crippen molar-refractivity contribution in [1.29, 1.82) is 0 Å². The lowest BCUT2D eigenvalue weighted by molar-refractivity contribution is -0.126. The summed E-state index contributed by atoms with van der Waals surface area (Å²) < 4.78 is 0. The number of amides is 1. The van der Waals surface area contributed by atoms with E-state index < -0.39 is 0 Å². The monoisotopic (exact) mass is 259 g/mol. The molecule has 0 heterocycles.